The van der Waals surface area contributed by atoms with Crippen LogP contribution in [0.15, 0.2) is 52.9 Å². The lowest BCUT2D eigenvalue weighted by atomic mass is 10.2. The van der Waals surface area contributed by atoms with Gasteiger partial charge in [-0.2, -0.15) is 0 Å². The molecule has 0 unspecified atom stereocenters. The molecule has 1 N–H and O–H groups in total. The van der Waals surface area contributed by atoms with Crippen molar-refractivity contribution in [3.63, 3.8) is 0 Å². The van der Waals surface area contributed by atoms with Crippen molar-refractivity contribution in [1.82, 2.24) is 10.2 Å². The predicted molar refractivity (Wildman–Crippen MR) is 91.7 cm³/mol. The van der Waals surface area contributed by atoms with E-state index in [0.29, 0.717) is 23.2 Å². The summed E-state index contributed by atoms with van der Waals surface area (Å²) in [4.78, 5) is 22.1. The number of nitro groups is 1. The number of rotatable bonds is 6. The molecule has 0 bridgehead atoms. The molecule has 0 atom stereocenters. The number of nitrogens with zero attached hydrogens (tertiary/aromatic N) is 3. The van der Waals surface area contributed by atoms with E-state index < -0.39 is 10.8 Å². The van der Waals surface area contributed by atoms with E-state index in [0.717, 1.165) is 5.56 Å². The first kappa shape index (κ1) is 17.1. The predicted octanol–water partition coefficient (Wildman–Crippen LogP) is 2.97. The molecule has 2 aromatic carbocycles. The summed E-state index contributed by atoms with van der Waals surface area (Å²) < 4.78 is 10.7. The summed E-state index contributed by atoms with van der Waals surface area (Å²) in [6.45, 7) is 1.47. The second-order valence-corrected chi connectivity index (χ2v) is 5.29. The number of ether oxygens (including phenoxy) is 1. The second kappa shape index (κ2) is 7.43. The summed E-state index contributed by atoms with van der Waals surface area (Å²) in [5.41, 5.74) is 0.962. The lowest BCUT2D eigenvalue weighted by molar-refractivity contribution is -0.384. The minimum Gasteiger partial charge on any atom is -0.484 e. The average molecular weight is 354 g/mol. The Kier molecular flexibility index (Phi) is 4.88. The zero-order chi connectivity index (χ0) is 18.5. The largest absolute Gasteiger partial charge is 0.484 e. The normalized spacial score (nSPS) is 10.3. The molecule has 0 spiro atoms. The quantitative estimate of drug-likeness (QED) is 0.533. The number of hydrogen-bond acceptors (Lipinski definition) is 7. The van der Waals surface area contributed by atoms with Crippen molar-refractivity contribution in [3.8, 4) is 17.2 Å². The van der Waals surface area contributed by atoms with Gasteiger partial charge in [0, 0.05) is 30.3 Å². The van der Waals surface area contributed by atoms with Gasteiger partial charge in [0.1, 0.15) is 5.75 Å². The van der Waals surface area contributed by atoms with Crippen molar-refractivity contribution < 1.29 is 18.9 Å². The summed E-state index contributed by atoms with van der Waals surface area (Å²) in [7, 11) is 0. The van der Waals surface area contributed by atoms with Gasteiger partial charge in [0.25, 0.3) is 11.6 Å². The maximum atomic E-state index is 11.9. The standard InChI is InChI=1S/C17H14N4O5/c1-11-19-20-17(26-11)12-5-7-15(8-6-12)25-10-16(22)18-13-3-2-4-14(9-13)21(23)24/h2-9H,10H2,1H3,(H,18,22). The number of anilines is 1. The summed E-state index contributed by atoms with van der Waals surface area (Å²) in [5, 5.41) is 21.0. The molecule has 0 aliphatic carbocycles. The number of carbonyl (C=O) groups is 1. The van der Waals surface area contributed by atoms with E-state index in [1.54, 1.807) is 37.3 Å². The third-order valence-electron chi connectivity index (χ3n) is 3.34. The summed E-state index contributed by atoms with van der Waals surface area (Å²) in [6, 6.07) is 12.5. The Bertz CT molecular complexity index is 936. The fourth-order valence-corrected chi connectivity index (χ4v) is 2.15. The zero-order valence-electron chi connectivity index (χ0n) is 13.7. The highest BCUT2D eigenvalue weighted by Gasteiger charge is 2.10. The molecule has 3 rings (SSSR count). The lowest BCUT2D eigenvalue weighted by Gasteiger charge is -2.07. The first-order valence-corrected chi connectivity index (χ1v) is 7.59. The van der Waals surface area contributed by atoms with E-state index in [9.17, 15) is 14.9 Å². The highest BCUT2D eigenvalue weighted by Crippen LogP contribution is 2.21. The van der Waals surface area contributed by atoms with Crippen LogP contribution in [0.5, 0.6) is 5.75 Å². The number of nitro benzene ring substituents is 1. The van der Waals surface area contributed by atoms with Gasteiger partial charge in [-0.1, -0.05) is 6.07 Å². The first-order chi connectivity index (χ1) is 12.5. The lowest BCUT2D eigenvalue weighted by Crippen LogP contribution is -2.20. The Balaban J connectivity index is 1.56. The fourth-order valence-electron chi connectivity index (χ4n) is 2.15. The van der Waals surface area contributed by atoms with Crippen LogP contribution in [0.4, 0.5) is 11.4 Å². The van der Waals surface area contributed by atoms with E-state index in [4.69, 9.17) is 9.15 Å². The monoisotopic (exact) mass is 354 g/mol. The summed E-state index contributed by atoms with van der Waals surface area (Å²) in [6.07, 6.45) is 0. The fraction of sp³-hybridized carbons (Fsp3) is 0.118. The van der Waals surface area contributed by atoms with Crippen molar-refractivity contribution in [1.29, 1.82) is 0 Å². The van der Waals surface area contributed by atoms with Crippen LogP contribution < -0.4 is 10.1 Å². The molecular formula is C17H14N4O5. The SMILES string of the molecule is Cc1nnc(-c2ccc(OCC(=O)Nc3cccc([N+](=O)[O-])c3)cc2)o1. The van der Waals surface area contributed by atoms with Crippen LogP contribution in [0.25, 0.3) is 11.5 Å². The van der Waals surface area contributed by atoms with Gasteiger partial charge < -0.3 is 14.5 Å². The number of non-ortho nitro benzene ring substituents is 1. The number of hydrogen-bond donors (Lipinski definition) is 1. The molecule has 0 radical (unpaired) electrons. The number of aromatic nitrogens is 2. The van der Waals surface area contributed by atoms with E-state index in [-0.39, 0.29) is 12.3 Å². The van der Waals surface area contributed by atoms with Crippen LogP contribution >= 0.6 is 0 Å². The summed E-state index contributed by atoms with van der Waals surface area (Å²) >= 11 is 0. The minimum absolute atomic E-state index is 0.101. The van der Waals surface area contributed by atoms with Crippen molar-refractivity contribution in [2.45, 2.75) is 6.92 Å². The van der Waals surface area contributed by atoms with Crippen LogP contribution in [-0.4, -0.2) is 27.6 Å². The van der Waals surface area contributed by atoms with Crippen molar-refractivity contribution in [2.75, 3.05) is 11.9 Å². The van der Waals surface area contributed by atoms with Gasteiger partial charge in [0.05, 0.1) is 4.92 Å². The van der Waals surface area contributed by atoms with Crippen LogP contribution in [-0.2, 0) is 4.79 Å². The molecular weight excluding hydrogens is 340 g/mol. The van der Waals surface area contributed by atoms with Crippen LogP contribution in [0.3, 0.4) is 0 Å². The Labute approximate surface area is 147 Å². The Morgan fingerprint density at radius 2 is 2.00 bits per heavy atom. The minimum atomic E-state index is -0.529. The van der Waals surface area contributed by atoms with Gasteiger partial charge in [-0.3, -0.25) is 14.9 Å². The Hall–Kier alpha value is -3.75. The van der Waals surface area contributed by atoms with Gasteiger partial charge in [0.2, 0.25) is 11.8 Å². The highest BCUT2D eigenvalue weighted by molar-refractivity contribution is 5.92. The zero-order valence-corrected chi connectivity index (χ0v) is 13.7. The number of carbonyl (C=O) groups excluding carboxylic acids is 1. The number of nitrogens with one attached hydrogen (secondary N) is 1. The van der Waals surface area contributed by atoms with Gasteiger partial charge in [-0.15, -0.1) is 10.2 Å². The molecule has 9 nitrogen and oxygen atoms in total. The molecule has 0 saturated heterocycles. The molecule has 132 valence electrons. The van der Waals surface area contributed by atoms with Gasteiger partial charge in [-0.25, -0.2) is 0 Å². The van der Waals surface area contributed by atoms with Gasteiger partial charge in [0.15, 0.2) is 6.61 Å². The second-order valence-electron chi connectivity index (χ2n) is 5.29. The van der Waals surface area contributed by atoms with Crippen molar-refractivity contribution >= 4 is 17.3 Å². The van der Waals surface area contributed by atoms with Gasteiger partial charge in [-0.05, 0) is 30.3 Å². The maximum Gasteiger partial charge on any atom is 0.271 e. The molecule has 3 aromatic rings. The summed E-state index contributed by atoms with van der Waals surface area (Å²) in [5.74, 6) is 0.928. The Morgan fingerprint density at radius 1 is 1.23 bits per heavy atom. The molecule has 0 aliphatic heterocycles. The smallest absolute Gasteiger partial charge is 0.271 e. The van der Waals surface area contributed by atoms with Crippen molar-refractivity contribution in [3.05, 3.63) is 64.5 Å². The highest BCUT2D eigenvalue weighted by atomic mass is 16.6. The third kappa shape index (κ3) is 4.20. The molecule has 0 saturated carbocycles. The maximum absolute atomic E-state index is 11.9. The molecule has 1 amide bonds. The number of aryl methyl sites for hydroxylation is 1. The van der Waals surface area contributed by atoms with Crippen LogP contribution in [0.2, 0.25) is 0 Å². The van der Waals surface area contributed by atoms with E-state index in [1.165, 1.54) is 18.2 Å². The first-order valence-electron chi connectivity index (χ1n) is 7.59. The molecule has 26 heavy (non-hydrogen) atoms. The van der Waals surface area contributed by atoms with Crippen molar-refractivity contribution in [2.24, 2.45) is 0 Å². The van der Waals surface area contributed by atoms with E-state index in [2.05, 4.69) is 15.5 Å². The molecule has 1 aromatic heterocycles. The van der Waals surface area contributed by atoms with E-state index >= 15 is 0 Å². The average Bonchev–Trinajstić information content (AvgIpc) is 3.07. The Morgan fingerprint density at radius 3 is 2.65 bits per heavy atom. The molecule has 0 aliphatic rings. The molecule has 0 fully saturated rings. The van der Waals surface area contributed by atoms with Crippen LogP contribution in [0.1, 0.15) is 5.89 Å². The number of benzene rings is 2. The van der Waals surface area contributed by atoms with E-state index in [1.807, 2.05) is 0 Å². The topological polar surface area (TPSA) is 120 Å². The molecule has 9 heteroatoms. The molecule has 1 heterocycles. The van der Waals surface area contributed by atoms with Gasteiger partial charge >= 0.3 is 0 Å². The third-order valence-corrected chi connectivity index (χ3v) is 3.34. The number of amides is 1. The van der Waals surface area contributed by atoms with Crippen LogP contribution in [0, 0.1) is 17.0 Å².